The zero-order chi connectivity index (χ0) is 24.9. The summed E-state index contributed by atoms with van der Waals surface area (Å²) in [5, 5.41) is 3.83. The van der Waals surface area contributed by atoms with Gasteiger partial charge in [-0.1, -0.05) is 54.2 Å². The number of benzene rings is 3. The number of hydrogen-bond acceptors (Lipinski definition) is 6. The molecule has 0 atom stereocenters. The maximum absolute atomic E-state index is 14.1. The Bertz CT molecular complexity index is 1650. The fourth-order valence-electron chi connectivity index (χ4n) is 4.71. The molecule has 0 radical (unpaired) electrons. The lowest BCUT2D eigenvalue weighted by Gasteiger charge is -2.29. The van der Waals surface area contributed by atoms with Crippen LogP contribution in [0.25, 0.3) is 26.7 Å². The Hall–Kier alpha value is -3.13. The second kappa shape index (κ2) is 9.07. The standard InChI is InChI=1S/C29H26N2O3S2/c1-29(2)15-23-24(16-34-29)36-26-25(23)27(32)31(21-10-12-22(33-3)13-11-21)28(30-26)35-17-18-8-9-19-6-4-5-7-20(19)14-18/h4-14H,15-17H2,1-3H3. The highest BCUT2D eigenvalue weighted by atomic mass is 32.2. The number of thiophene rings is 1. The van der Waals surface area contributed by atoms with Crippen molar-refractivity contribution in [2.75, 3.05) is 7.11 Å². The van der Waals surface area contributed by atoms with E-state index in [-0.39, 0.29) is 11.2 Å². The third-order valence-corrected chi connectivity index (χ3v) is 8.70. The summed E-state index contributed by atoms with van der Waals surface area (Å²) in [5.41, 5.74) is 2.72. The van der Waals surface area contributed by atoms with E-state index < -0.39 is 0 Å². The third kappa shape index (κ3) is 4.21. The highest BCUT2D eigenvalue weighted by Gasteiger charge is 2.31. The van der Waals surface area contributed by atoms with Gasteiger partial charge in [-0.05, 0) is 60.0 Å². The first kappa shape index (κ1) is 23.3. The molecule has 0 aliphatic carbocycles. The van der Waals surface area contributed by atoms with Gasteiger partial charge in [0.1, 0.15) is 10.6 Å². The van der Waals surface area contributed by atoms with Crippen LogP contribution >= 0.6 is 23.1 Å². The lowest BCUT2D eigenvalue weighted by molar-refractivity contribution is -0.0379. The Kier molecular flexibility index (Phi) is 5.86. The van der Waals surface area contributed by atoms with Gasteiger partial charge in [0.25, 0.3) is 5.56 Å². The molecular formula is C29H26N2O3S2. The first-order valence-electron chi connectivity index (χ1n) is 11.9. The van der Waals surface area contributed by atoms with Gasteiger partial charge in [0, 0.05) is 17.1 Å². The fraction of sp³-hybridized carbons (Fsp3) is 0.241. The molecule has 3 heterocycles. The van der Waals surface area contributed by atoms with Gasteiger partial charge < -0.3 is 9.47 Å². The Morgan fingerprint density at radius 1 is 1.08 bits per heavy atom. The molecule has 2 aromatic heterocycles. The first-order chi connectivity index (χ1) is 17.4. The van der Waals surface area contributed by atoms with Crippen LogP contribution in [0.1, 0.15) is 29.9 Å². The highest BCUT2D eigenvalue weighted by Crippen LogP contribution is 2.38. The molecule has 0 saturated heterocycles. The maximum Gasteiger partial charge on any atom is 0.267 e. The predicted molar refractivity (Wildman–Crippen MR) is 148 cm³/mol. The van der Waals surface area contributed by atoms with E-state index >= 15 is 0 Å². The summed E-state index contributed by atoms with van der Waals surface area (Å²) in [7, 11) is 1.64. The molecule has 6 rings (SSSR count). The molecule has 5 aromatic rings. The van der Waals surface area contributed by atoms with Crippen LogP contribution in [0.15, 0.2) is 76.7 Å². The minimum Gasteiger partial charge on any atom is -0.497 e. The lowest BCUT2D eigenvalue weighted by atomic mass is 9.94. The molecule has 7 heteroatoms. The van der Waals surface area contributed by atoms with Gasteiger partial charge in [-0.15, -0.1) is 11.3 Å². The van der Waals surface area contributed by atoms with Crippen molar-refractivity contribution in [1.29, 1.82) is 0 Å². The normalized spacial score (nSPS) is 14.8. The molecule has 3 aromatic carbocycles. The lowest BCUT2D eigenvalue weighted by Crippen LogP contribution is -2.32. The number of thioether (sulfide) groups is 1. The Labute approximate surface area is 217 Å². The summed E-state index contributed by atoms with van der Waals surface area (Å²) < 4.78 is 13.1. The number of hydrogen-bond donors (Lipinski definition) is 0. The van der Waals surface area contributed by atoms with Crippen LogP contribution in [0.5, 0.6) is 5.75 Å². The van der Waals surface area contributed by atoms with Crippen molar-refractivity contribution in [3.63, 3.8) is 0 Å². The van der Waals surface area contributed by atoms with Crippen molar-refractivity contribution in [1.82, 2.24) is 9.55 Å². The third-order valence-electron chi connectivity index (χ3n) is 6.59. The van der Waals surface area contributed by atoms with Crippen molar-refractivity contribution in [2.24, 2.45) is 0 Å². The van der Waals surface area contributed by atoms with Crippen molar-refractivity contribution in [3.8, 4) is 11.4 Å². The van der Waals surface area contributed by atoms with Crippen LogP contribution in [0.3, 0.4) is 0 Å². The molecule has 36 heavy (non-hydrogen) atoms. The molecule has 0 fully saturated rings. The van der Waals surface area contributed by atoms with Crippen LogP contribution in [-0.2, 0) is 23.5 Å². The molecule has 0 amide bonds. The summed E-state index contributed by atoms with van der Waals surface area (Å²) in [6.07, 6.45) is 0.700. The minimum atomic E-state index is -0.304. The maximum atomic E-state index is 14.1. The van der Waals surface area contributed by atoms with E-state index in [1.807, 2.05) is 24.3 Å². The van der Waals surface area contributed by atoms with Gasteiger partial charge >= 0.3 is 0 Å². The quantitative estimate of drug-likeness (QED) is 0.192. The summed E-state index contributed by atoms with van der Waals surface area (Å²) in [4.78, 5) is 21.0. The van der Waals surface area contributed by atoms with Gasteiger partial charge in [-0.3, -0.25) is 9.36 Å². The van der Waals surface area contributed by atoms with E-state index in [0.29, 0.717) is 23.9 Å². The average Bonchev–Trinajstić information content (AvgIpc) is 3.24. The van der Waals surface area contributed by atoms with Crippen LogP contribution in [0.4, 0.5) is 0 Å². The largest absolute Gasteiger partial charge is 0.497 e. The summed E-state index contributed by atoms with van der Waals surface area (Å²) in [6, 6.07) is 22.4. The number of fused-ring (bicyclic) bond motifs is 4. The van der Waals surface area contributed by atoms with Gasteiger partial charge in [0.2, 0.25) is 0 Å². The van der Waals surface area contributed by atoms with E-state index in [9.17, 15) is 4.79 Å². The van der Waals surface area contributed by atoms with E-state index in [1.165, 1.54) is 16.3 Å². The molecule has 182 valence electrons. The van der Waals surface area contributed by atoms with E-state index in [4.69, 9.17) is 14.5 Å². The van der Waals surface area contributed by atoms with Crippen molar-refractivity contribution >= 4 is 44.1 Å². The first-order valence-corrected chi connectivity index (χ1v) is 13.7. The van der Waals surface area contributed by atoms with Crippen molar-refractivity contribution in [3.05, 3.63) is 93.1 Å². The van der Waals surface area contributed by atoms with Gasteiger partial charge in [0.05, 0.1) is 30.4 Å². The highest BCUT2D eigenvalue weighted by molar-refractivity contribution is 7.98. The molecule has 0 saturated carbocycles. The number of nitrogens with zero attached hydrogens (tertiary/aromatic N) is 2. The summed E-state index contributed by atoms with van der Waals surface area (Å²) in [5.74, 6) is 1.46. The van der Waals surface area contributed by atoms with E-state index in [0.717, 1.165) is 32.1 Å². The zero-order valence-electron chi connectivity index (χ0n) is 20.4. The van der Waals surface area contributed by atoms with Crippen LogP contribution in [0.2, 0.25) is 0 Å². The predicted octanol–water partition coefficient (Wildman–Crippen LogP) is 6.75. The topological polar surface area (TPSA) is 53.4 Å². The Morgan fingerprint density at radius 3 is 2.64 bits per heavy atom. The fourth-order valence-corrected chi connectivity index (χ4v) is 6.81. The number of ether oxygens (including phenoxy) is 2. The van der Waals surface area contributed by atoms with Crippen molar-refractivity contribution < 1.29 is 9.47 Å². The minimum absolute atomic E-state index is 0.0265. The second-order valence-electron chi connectivity index (χ2n) is 9.61. The average molecular weight is 515 g/mol. The molecule has 5 nitrogen and oxygen atoms in total. The van der Waals surface area contributed by atoms with Gasteiger partial charge in [-0.2, -0.15) is 0 Å². The zero-order valence-corrected chi connectivity index (χ0v) is 22.0. The number of aromatic nitrogens is 2. The van der Waals surface area contributed by atoms with Gasteiger partial charge in [-0.25, -0.2) is 4.98 Å². The van der Waals surface area contributed by atoms with E-state index in [1.54, 1.807) is 34.8 Å². The summed E-state index contributed by atoms with van der Waals surface area (Å²) >= 11 is 3.16. The second-order valence-corrected chi connectivity index (χ2v) is 11.6. The molecule has 0 N–H and O–H groups in total. The van der Waals surface area contributed by atoms with Crippen LogP contribution in [-0.4, -0.2) is 22.3 Å². The van der Waals surface area contributed by atoms with Gasteiger partial charge in [0.15, 0.2) is 5.16 Å². The number of methoxy groups -OCH3 is 1. The smallest absolute Gasteiger partial charge is 0.267 e. The molecule has 0 unspecified atom stereocenters. The molecule has 1 aliphatic heterocycles. The van der Waals surface area contributed by atoms with Crippen LogP contribution < -0.4 is 10.3 Å². The molecule has 0 bridgehead atoms. The van der Waals surface area contributed by atoms with Crippen LogP contribution in [0, 0.1) is 0 Å². The Balaban J connectivity index is 1.47. The van der Waals surface area contributed by atoms with Crippen molar-refractivity contribution in [2.45, 2.75) is 43.4 Å². The monoisotopic (exact) mass is 514 g/mol. The van der Waals surface area contributed by atoms with E-state index in [2.05, 4.69) is 56.3 Å². The molecule has 0 spiro atoms. The molecular weight excluding hydrogens is 488 g/mol. The SMILES string of the molecule is COc1ccc(-n2c(SCc3ccc4ccccc4c3)nc3sc4c(c3c2=O)CC(C)(C)OC4)cc1. The summed E-state index contributed by atoms with van der Waals surface area (Å²) in [6.45, 7) is 4.66. The Morgan fingerprint density at radius 2 is 1.86 bits per heavy atom. The molecule has 1 aliphatic rings. The number of rotatable bonds is 5.